The summed E-state index contributed by atoms with van der Waals surface area (Å²) in [5.74, 6) is 2.42. The summed E-state index contributed by atoms with van der Waals surface area (Å²) < 4.78 is 2.15. The van der Waals surface area contributed by atoms with Gasteiger partial charge in [0.2, 0.25) is 0 Å². The minimum Gasteiger partial charge on any atom is -0.309 e. The normalized spacial score (nSPS) is 18.9. The van der Waals surface area contributed by atoms with Crippen molar-refractivity contribution >= 4 is 11.8 Å². The van der Waals surface area contributed by atoms with Crippen molar-refractivity contribution < 1.29 is 0 Å². The molecular formula is C17H23N5S. The Morgan fingerprint density at radius 1 is 1.43 bits per heavy atom. The number of likely N-dealkylation sites (tertiary alicyclic amines) is 1. The highest BCUT2D eigenvalue weighted by molar-refractivity contribution is 7.99. The third kappa shape index (κ3) is 4.00. The average molecular weight is 329 g/mol. The zero-order valence-electron chi connectivity index (χ0n) is 13.6. The van der Waals surface area contributed by atoms with E-state index in [2.05, 4.69) is 44.3 Å². The van der Waals surface area contributed by atoms with E-state index >= 15 is 0 Å². The first-order chi connectivity index (χ1) is 11.3. The van der Waals surface area contributed by atoms with Crippen LogP contribution in [0, 0.1) is 0 Å². The molecule has 3 heterocycles. The van der Waals surface area contributed by atoms with Crippen molar-refractivity contribution in [3.05, 3.63) is 48.6 Å². The third-order valence-corrected chi connectivity index (χ3v) is 5.21. The van der Waals surface area contributed by atoms with Crippen LogP contribution in [0.15, 0.2) is 42.3 Å². The van der Waals surface area contributed by atoms with E-state index in [9.17, 15) is 0 Å². The summed E-state index contributed by atoms with van der Waals surface area (Å²) in [6.45, 7) is 6.90. The molecule has 0 amide bonds. The predicted octanol–water partition coefficient (Wildman–Crippen LogP) is 2.87. The van der Waals surface area contributed by atoms with E-state index in [1.807, 2.05) is 24.5 Å². The van der Waals surface area contributed by atoms with E-state index in [0.717, 1.165) is 36.4 Å². The standard InChI is InChI=1S/C17H23N5S/c1-3-10-23-17-20-19-16(21(17)2)15-7-5-9-22(13-15)12-14-6-4-8-18-11-14/h3-4,6,8,11,15H,1,5,7,9-10,12-13H2,2H3/t15-/m0/s1. The molecule has 23 heavy (non-hydrogen) atoms. The van der Waals surface area contributed by atoms with Crippen LogP contribution in [0.2, 0.25) is 0 Å². The van der Waals surface area contributed by atoms with E-state index in [1.165, 1.54) is 18.4 Å². The van der Waals surface area contributed by atoms with Gasteiger partial charge in [0.15, 0.2) is 5.16 Å². The molecule has 1 aliphatic heterocycles. The van der Waals surface area contributed by atoms with Gasteiger partial charge in [0.05, 0.1) is 0 Å². The van der Waals surface area contributed by atoms with Gasteiger partial charge in [0.1, 0.15) is 5.82 Å². The van der Waals surface area contributed by atoms with E-state index in [-0.39, 0.29) is 0 Å². The average Bonchev–Trinajstić information content (AvgIpc) is 2.95. The van der Waals surface area contributed by atoms with Gasteiger partial charge >= 0.3 is 0 Å². The van der Waals surface area contributed by atoms with Gasteiger partial charge in [0.25, 0.3) is 0 Å². The van der Waals surface area contributed by atoms with Crippen molar-refractivity contribution in [2.45, 2.75) is 30.5 Å². The fraction of sp³-hybridized carbons (Fsp3) is 0.471. The second-order valence-corrected chi connectivity index (χ2v) is 6.92. The predicted molar refractivity (Wildman–Crippen MR) is 93.4 cm³/mol. The molecule has 0 saturated carbocycles. The number of aromatic nitrogens is 4. The second kappa shape index (κ2) is 7.75. The molecule has 0 radical (unpaired) electrons. The summed E-state index contributed by atoms with van der Waals surface area (Å²) in [5, 5.41) is 9.77. The zero-order chi connectivity index (χ0) is 16.1. The van der Waals surface area contributed by atoms with Crippen LogP contribution in [0.25, 0.3) is 0 Å². The molecule has 2 aromatic heterocycles. The van der Waals surface area contributed by atoms with Gasteiger partial charge in [-0.2, -0.15) is 0 Å². The summed E-state index contributed by atoms with van der Waals surface area (Å²) in [7, 11) is 2.07. The Hall–Kier alpha value is -1.66. The minimum atomic E-state index is 0.455. The monoisotopic (exact) mass is 329 g/mol. The lowest BCUT2D eigenvalue weighted by Crippen LogP contribution is -2.34. The topological polar surface area (TPSA) is 46.8 Å². The quantitative estimate of drug-likeness (QED) is 0.602. The number of thioether (sulfide) groups is 1. The van der Waals surface area contributed by atoms with Crippen molar-refractivity contribution in [1.29, 1.82) is 0 Å². The molecule has 3 rings (SSSR count). The fourth-order valence-electron chi connectivity index (χ4n) is 3.10. The van der Waals surface area contributed by atoms with Crippen LogP contribution in [-0.2, 0) is 13.6 Å². The van der Waals surface area contributed by atoms with Crippen LogP contribution in [-0.4, -0.2) is 43.5 Å². The minimum absolute atomic E-state index is 0.455. The van der Waals surface area contributed by atoms with E-state index in [1.54, 1.807) is 11.8 Å². The molecule has 0 N–H and O–H groups in total. The van der Waals surface area contributed by atoms with Crippen molar-refractivity contribution in [1.82, 2.24) is 24.6 Å². The number of rotatable bonds is 6. The molecule has 122 valence electrons. The molecule has 5 nitrogen and oxygen atoms in total. The van der Waals surface area contributed by atoms with Gasteiger partial charge in [-0.1, -0.05) is 23.9 Å². The summed E-state index contributed by atoms with van der Waals surface area (Å²) in [6.07, 6.45) is 8.06. The molecule has 1 fully saturated rings. The number of pyridine rings is 1. The van der Waals surface area contributed by atoms with Gasteiger partial charge in [-0.3, -0.25) is 9.88 Å². The summed E-state index contributed by atoms with van der Waals surface area (Å²) in [5.41, 5.74) is 1.27. The largest absolute Gasteiger partial charge is 0.309 e. The maximum Gasteiger partial charge on any atom is 0.191 e. The first kappa shape index (κ1) is 16.2. The Kier molecular flexibility index (Phi) is 5.46. The molecule has 0 spiro atoms. The molecule has 0 aliphatic carbocycles. The van der Waals surface area contributed by atoms with E-state index in [0.29, 0.717) is 5.92 Å². The molecule has 2 aromatic rings. The van der Waals surface area contributed by atoms with Crippen LogP contribution in [0.5, 0.6) is 0 Å². The van der Waals surface area contributed by atoms with Crippen molar-refractivity contribution in [3.63, 3.8) is 0 Å². The lowest BCUT2D eigenvalue weighted by Gasteiger charge is -2.32. The molecule has 0 bridgehead atoms. The second-order valence-electron chi connectivity index (χ2n) is 5.94. The van der Waals surface area contributed by atoms with Crippen LogP contribution in [0.1, 0.15) is 30.1 Å². The first-order valence-corrected chi connectivity index (χ1v) is 9.00. The van der Waals surface area contributed by atoms with Gasteiger partial charge in [0, 0.05) is 44.2 Å². The molecule has 1 saturated heterocycles. The smallest absolute Gasteiger partial charge is 0.191 e. The van der Waals surface area contributed by atoms with E-state index in [4.69, 9.17) is 0 Å². The highest BCUT2D eigenvalue weighted by Gasteiger charge is 2.26. The van der Waals surface area contributed by atoms with Crippen LogP contribution >= 0.6 is 11.8 Å². The molecule has 1 atom stereocenters. The van der Waals surface area contributed by atoms with Gasteiger partial charge in [-0.05, 0) is 31.0 Å². The Morgan fingerprint density at radius 3 is 3.13 bits per heavy atom. The summed E-state index contributed by atoms with van der Waals surface area (Å²) >= 11 is 1.68. The Bertz CT molecular complexity index is 640. The Morgan fingerprint density at radius 2 is 2.35 bits per heavy atom. The number of hydrogen-bond donors (Lipinski definition) is 0. The van der Waals surface area contributed by atoms with Gasteiger partial charge in [-0.25, -0.2) is 0 Å². The number of piperidine rings is 1. The van der Waals surface area contributed by atoms with Gasteiger partial charge < -0.3 is 4.57 Å². The molecule has 0 unspecified atom stereocenters. The first-order valence-electron chi connectivity index (χ1n) is 8.02. The highest BCUT2D eigenvalue weighted by atomic mass is 32.2. The van der Waals surface area contributed by atoms with Crippen LogP contribution in [0.3, 0.4) is 0 Å². The van der Waals surface area contributed by atoms with Crippen molar-refractivity contribution in [3.8, 4) is 0 Å². The van der Waals surface area contributed by atoms with Crippen molar-refractivity contribution in [2.24, 2.45) is 7.05 Å². The molecule has 6 heteroatoms. The fourth-order valence-corrected chi connectivity index (χ4v) is 3.75. The summed E-state index contributed by atoms with van der Waals surface area (Å²) in [6, 6.07) is 4.14. The zero-order valence-corrected chi connectivity index (χ0v) is 14.4. The van der Waals surface area contributed by atoms with Crippen LogP contribution < -0.4 is 0 Å². The van der Waals surface area contributed by atoms with Crippen molar-refractivity contribution in [2.75, 3.05) is 18.8 Å². The molecule has 1 aliphatic rings. The SMILES string of the molecule is C=CCSc1nnc([C@H]2CCCN(Cc3cccnc3)C2)n1C. The lowest BCUT2D eigenvalue weighted by atomic mass is 9.97. The highest BCUT2D eigenvalue weighted by Crippen LogP contribution is 2.28. The maximum atomic E-state index is 4.45. The molecule has 0 aromatic carbocycles. The lowest BCUT2D eigenvalue weighted by molar-refractivity contribution is 0.194. The maximum absolute atomic E-state index is 4.45. The number of hydrogen-bond acceptors (Lipinski definition) is 5. The van der Waals surface area contributed by atoms with E-state index < -0.39 is 0 Å². The van der Waals surface area contributed by atoms with Crippen LogP contribution in [0.4, 0.5) is 0 Å². The summed E-state index contributed by atoms with van der Waals surface area (Å²) in [4.78, 5) is 6.71. The molecular weight excluding hydrogens is 306 g/mol. The van der Waals surface area contributed by atoms with Gasteiger partial charge in [-0.15, -0.1) is 16.8 Å². The third-order valence-electron chi connectivity index (χ3n) is 4.20. The Labute approximate surface area is 141 Å². The number of nitrogens with zero attached hydrogens (tertiary/aromatic N) is 5. The Balaban J connectivity index is 1.66.